The van der Waals surface area contributed by atoms with Gasteiger partial charge in [-0.15, -0.1) is 0 Å². The fourth-order valence-electron chi connectivity index (χ4n) is 2.39. The third-order valence-electron chi connectivity index (χ3n) is 3.36. The van der Waals surface area contributed by atoms with Crippen molar-refractivity contribution in [2.45, 2.75) is 46.2 Å². The molecule has 0 aliphatic carbocycles. The molecule has 0 aromatic carbocycles. The molecular weight excluding hydrogens is 254 g/mol. The van der Waals surface area contributed by atoms with Crippen molar-refractivity contribution < 1.29 is 9.47 Å². The number of ether oxygens (including phenoxy) is 2. The predicted molar refractivity (Wildman–Crippen MR) is 81.1 cm³/mol. The van der Waals surface area contributed by atoms with E-state index >= 15 is 0 Å². The van der Waals surface area contributed by atoms with Gasteiger partial charge in [0.2, 0.25) is 0 Å². The molecule has 1 aromatic heterocycles. The van der Waals surface area contributed by atoms with Crippen molar-refractivity contribution in [2.24, 2.45) is 0 Å². The summed E-state index contributed by atoms with van der Waals surface area (Å²) in [7, 11) is 3.70. The molecular formula is C15H29N3O2. The highest BCUT2D eigenvalue weighted by Crippen LogP contribution is 2.16. The van der Waals surface area contributed by atoms with Crippen LogP contribution < -0.4 is 5.32 Å². The first-order chi connectivity index (χ1) is 9.78. The predicted octanol–water partition coefficient (Wildman–Crippen LogP) is 1.78. The van der Waals surface area contributed by atoms with Crippen LogP contribution in [0, 0.1) is 0 Å². The van der Waals surface area contributed by atoms with Gasteiger partial charge in [0.25, 0.3) is 0 Å². The van der Waals surface area contributed by atoms with Gasteiger partial charge in [-0.1, -0.05) is 13.8 Å². The maximum atomic E-state index is 5.63. The van der Waals surface area contributed by atoms with Crippen LogP contribution in [0.2, 0.25) is 0 Å². The molecule has 116 valence electrons. The minimum absolute atomic E-state index is 0.709. The monoisotopic (exact) mass is 283 g/mol. The molecule has 0 saturated carbocycles. The quantitative estimate of drug-likeness (QED) is 0.629. The Bertz CT molecular complexity index is 377. The molecule has 0 radical (unpaired) electrons. The summed E-state index contributed by atoms with van der Waals surface area (Å²) in [5.74, 6) is 0. The normalized spacial score (nSPS) is 11.2. The fraction of sp³-hybridized carbons (Fsp3) is 0.800. The summed E-state index contributed by atoms with van der Waals surface area (Å²) in [5.41, 5.74) is 3.89. The molecule has 0 aliphatic heterocycles. The minimum Gasteiger partial charge on any atom is -0.385 e. The second-order valence-electron chi connectivity index (χ2n) is 4.79. The van der Waals surface area contributed by atoms with Crippen LogP contribution in [0.25, 0.3) is 0 Å². The lowest BCUT2D eigenvalue weighted by molar-refractivity contribution is 0.0956. The molecule has 5 heteroatoms. The third kappa shape index (κ3) is 4.89. The maximum absolute atomic E-state index is 5.63. The Morgan fingerprint density at radius 3 is 2.55 bits per heavy atom. The third-order valence-corrected chi connectivity index (χ3v) is 3.36. The van der Waals surface area contributed by atoms with E-state index in [1.165, 1.54) is 17.0 Å². The van der Waals surface area contributed by atoms with Crippen LogP contribution in [0.15, 0.2) is 0 Å². The number of nitrogens with one attached hydrogen (secondary N) is 1. The van der Waals surface area contributed by atoms with Crippen molar-refractivity contribution in [3.8, 4) is 0 Å². The van der Waals surface area contributed by atoms with Gasteiger partial charge in [-0.05, 0) is 26.3 Å². The van der Waals surface area contributed by atoms with Crippen molar-refractivity contribution in [2.75, 3.05) is 34.0 Å². The van der Waals surface area contributed by atoms with Crippen LogP contribution in [0.4, 0.5) is 0 Å². The van der Waals surface area contributed by atoms with E-state index in [9.17, 15) is 0 Å². The lowest BCUT2D eigenvalue weighted by atomic mass is 10.1. The average Bonchev–Trinajstić information content (AvgIpc) is 2.80. The van der Waals surface area contributed by atoms with Crippen LogP contribution in [0.1, 0.15) is 37.2 Å². The van der Waals surface area contributed by atoms with Gasteiger partial charge in [-0.2, -0.15) is 5.10 Å². The summed E-state index contributed by atoms with van der Waals surface area (Å²) in [4.78, 5) is 0. The Morgan fingerprint density at radius 1 is 1.15 bits per heavy atom. The summed E-state index contributed by atoms with van der Waals surface area (Å²) in [6.07, 6.45) is 2.93. The molecule has 0 aliphatic rings. The smallest absolute Gasteiger partial charge is 0.0669 e. The lowest BCUT2D eigenvalue weighted by Crippen LogP contribution is -2.13. The first kappa shape index (κ1) is 17.1. The average molecular weight is 283 g/mol. The first-order valence-electron chi connectivity index (χ1n) is 7.57. The number of hydrogen-bond acceptors (Lipinski definition) is 4. The van der Waals surface area contributed by atoms with E-state index in [0.29, 0.717) is 6.61 Å². The van der Waals surface area contributed by atoms with E-state index in [1.54, 1.807) is 7.11 Å². The molecule has 0 saturated heterocycles. The molecule has 0 atom stereocenters. The van der Waals surface area contributed by atoms with Gasteiger partial charge >= 0.3 is 0 Å². The Kier molecular flexibility index (Phi) is 8.49. The van der Waals surface area contributed by atoms with E-state index < -0.39 is 0 Å². The second kappa shape index (κ2) is 9.91. The zero-order valence-corrected chi connectivity index (χ0v) is 13.4. The zero-order chi connectivity index (χ0) is 14.8. The Balaban J connectivity index is 2.56. The molecule has 1 rings (SSSR count). The fourth-order valence-corrected chi connectivity index (χ4v) is 2.39. The minimum atomic E-state index is 0.709. The summed E-state index contributed by atoms with van der Waals surface area (Å²) >= 11 is 0. The number of nitrogens with zero attached hydrogens (tertiary/aromatic N) is 2. The summed E-state index contributed by atoms with van der Waals surface area (Å²) in [6.45, 7) is 8.28. The molecule has 1 N–H and O–H groups in total. The van der Waals surface area contributed by atoms with Crippen molar-refractivity contribution in [3.63, 3.8) is 0 Å². The summed E-state index contributed by atoms with van der Waals surface area (Å²) in [6, 6.07) is 0. The molecule has 0 fully saturated rings. The largest absolute Gasteiger partial charge is 0.385 e. The highest BCUT2D eigenvalue weighted by molar-refractivity contribution is 5.26. The molecule has 1 heterocycles. The summed E-state index contributed by atoms with van der Waals surface area (Å²) in [5, 5.41) is 7.96. The molecule has 1 aromatic rings. The first-order valence-corrected chi connectivity index (χ1v) is 7.57. The number of aromatic nitrogens is 2. The van der Waals surface area contributed by atoms with Gasteiger partial charge < -0.3 is 14.8 Å². The number of rotatable bonds is 11. The standard InChI is InChI=1S/C15H29N3O2/c1-5-14-13(12-16-3)15(6-2)18(17-14)8-11-20-10-7-9-19-4/h16H,5-12H2,1-4H3. The van der Waals surface area contributed by atoms with E-state index in [2.05, 4.69) is 23.8 Å². The van der Waals surface area contributed by atoms with Crippen LogP contribution in [-0.2, 0) is 35.4 Å². The second-order valence-corrected chi connectivity index (χ2v) is 4.79. The molecule has 0 bridgehead atoms. The molecule has 5 nitrogen and oxygen atoms in total. The molecule has 20 heavy (non-hydrogen) atoms. The highest BCUT2D eigenvalue weighted by Gasteiger charge is 2.14. The Hall–Kier alpha value is -0.910. The van der Waals surface area contributed by atoms with Crippen molar-refractivity contribution >= 4 is 0 Å². The topological polar surface area (TPSA) is 48.3 Å². The van der Waals surface area contributed by atoms with Gasteiger partial charge in [0, 0.05) is 38.1 Å². The van der Waals surface area contributed by atoms with Crippen LogP contribution in [0.3, 0.4) is 0 Å². The van der Waals surface area contributed by atoms with Crippen LogP contribution in [-0.4, -0.2) is 43.8 Å². The van der Waals surface area contributed by atoms with E-state index in [0.717, 1.165) is 45.6 Å². The van der Waals surface area contributed by atoms with Crippen LogP contribution >= 0.6 is 0 Å². The van der Waals surface area contributed by atoms with E-state index in [1.807, 2.05) is 7.05 Å². The van der Waals surface area contributed by atoms with Gasteiger partial charge in [0.15, 0.2) is 0 Å². The maximum Gasteiger partial charge on any atom is 0.0669 e. The Labute approximate surface area is 122 Å². The number of hydrogen-bond donors (Lipinski definition) is 1. The zero-order valence-electron chi connectivity index (χ0n) is 13.4. The van der Waals surface area contributed by atoms with Gasteiger partial charge in [0.1, 0.15) is 0 Å². The lowest BCUT2D eigenvalue weighted by Gasteiger charge is -2.08. The van der Waals surface area contributed by atoms with Crippen LogP contribution in [0.5, 0.6) is 0 Å². The van der Waals surface area contributed by atoms with Crippen molar-refractivity contribution in [1.29, 1.82) is 0 Å². The molecule has 0 amide bonds. The van der Waals surface area contributed by atoms with Gasteiger partial charge in [0.05, 0.1) is 18.8 Å². The Morgan fingerprint density at radius 2 is 1.95 bits per heavy atom. The number of methoxy groups -OCH3 is 1. The van der Waals surface area contributed by atoms with E-state index in [-0.39, 0.29) is 0 Å². The number of aryl methyl sites for hydroxylation is 1. The highest BCUT2D eigenvalue weighted by atomic mass is 16.5. The molecule has 0 unspecified atom stereocenters. The van der Waals surface area contributed by atoms with E-state index in [4.69, 9.17) is 14.6 Å². The van der Waals surface area contributed by atoms with Gasteiger partial charge in [-0.3, -0.25) is 4.68 Å². The van der Waals surface area contributed by atoms with Gasteiger partial charge in [-0.25, -0.2) is 0 Å². The summed E-state index contributed by atoms with van der Waals surface area (Å²) < 4.78 is 12.7. The molecule has 0 spiro atoms. The van der Waals surface area contributed by atoms with Crippen molar-refractivity contribution in [1.82, 2.24) is 15.1 Å². The SMILES string of the molecule is CCc1nn(CCOCCCOC)c(CC)c1CNC. The van der Waals surface area contributed by atoms with Crippen molar-refractivity contribution in [3.05, 3.63) is 17.0 Å².